The largest absolute Gasteiger partial charge is 0.481 e. The molecule has 0 spiro atoms. The van der Waals surface area contributed by atoms with Gasteiger partial charge in [0.2, 0.25) is 5.91 Å². The minimum atomic E-state index is -1.05. The Morgan fingerprint density at radius 3 is 2.29 bits per heavy atom. The highest BCUT2D eigenvalue weighted by Crippen LogP contribution is 2.08. The zero-order valence-corrected chi connectivity index (χ0v) is 7.86. The van der Waals surface area contributed by atoms with E-state index in [1.165, 1.54) is 6.92 Å². The van der Waals surface area contributed by atoms with E-state index < -0.39 is 23.8 Å². The topological polar surface area (TPSA) is 107 Å². The van der Waals surface area contributed by atoms with Crippen molar-refractivity contribution in [1.29, 1.82) is 0 Å². The summed E-state index contributed by atoms with van der Waals surface area (Å²) in [6.07, 6.45) is -0.337. The van der Waals surface area contributed by atoms with E-state index >= 15 is 0 Å². The van der Waals surface area contributed by atoms with Crippen molar-refractivity contribution in [3.63, 3.8) is 0 Å². The first-order valence-corrected chi connectivity index (χ1v) is 4.05. The first-order chi connectivity index (χ1) is 6.41. The van der Waals surface area contributed by atoms with Crippen molar-refractivity contribution in [2.45, 2.75) is 19.8 Å². The molecule has 0 aromatic rings. The van der Waals surface area contributed by atoms with E-state index in [0.29, 0.717) is 0 Å². The molecule has 6 nitrogen and oxygen atoms in total. The third-order valence-electron chi connectivity index (χ3n) is 1.48. The number of esters is 1. The van der Waals surface area contributed by atoms with Gasteiger partial charge in [-0.3, -0.25) is 14.4 Å². The van der Waals surface area contributed by atoms with Gasteiger partial charge in [0.15, 0.2) is 0 Å². The Balaban J connectivity index is 4.03. The van der Waals surface area contributed by atoms with E-state index in [2.05, 4.69) is 4.74 Å². The number of rotatable bonds is 6. The van der Waals surface area contributed by atoms with Crippen LogP contribution >= 0.6 is 0 Å². The SMILES string of the molecule is CC(=O)OCC(CC(N)=O)CC(=O)O. The van der Waals surface area contributed by atoms with Crippen LogP contribution in [0.15, 0.2) is 0 Å². The van der Waals surface area contributed by atoms with Crippen molar-refractivity contribution in [3.8, 4) is 0 Å². The van der Waals surface area contributed by atoms with Gasteiger partial charge in [-0.1, -0.05) is 0 Å². The highest BCUT2D eigenvalue weighted by Gasteiger charge is 2.17. The Bertz CT molecular complexity index is 222. The molecule has 0 radical (unpaired) electrons. The van der Waals surface area contributed by atoms with Crippen molar-refractivity contribution in [2.24, 2.45) is 11.7 Å². The average molecular weight is 203 g/mol. The van der Waals surface area contributed by atoms with Gasteiger partial charge in [0.1, 0.15) is 0 Å². The zero-order valence-electron chi connectivity index (χ0n) is 7.86. The molecule has 0 bridgehead atoms. The number of amides is 1. The summed E-state index contributed by atoms with van der Waals surface area (Å²) in [7, 11) is 0. The quantitative estimate of drug-likeness (QED) is 0.567. The fourth-order valence-electron chi connectivity index (χ4n) is 0.957. The third kappa shape index (κ3) is 7.08. The standard InChI is InChI=1S/C8H13NO5/c1-5(10)14-4-6(2-7(9)11)3-8(12)13/h6H,2-4H2,1H3,(H2,9,11)(H,12,13). The lowest BCUT2D eigenvalue weighted by Gasteiger charge is -2.11. The predicted molar refractivity (Wildman–Crippen MR) is 46.2 cm³/mol. The number of ether oxygens (including phenoxy) is 1. The number of hydrogen-bond acceptors (Lipinski definition) is 4. The van der Waals surface area contributed by atoms with Crippen molar-refractivity contribution in [2.75, 3.05) is 6.61 Å². The number of primary amides is 1. The van der Waals surface area contributed by atoms with Gasteiger partial charge in [-0.05, 0) is 0 Å². The molecular formula is C8H13NO5. The Morgan fingerprint density at radius 1 is 1.36 bits per heavy atom. The number of aliphatic carboxylic acids is 1. The molecule has 3 N–H and O–H groups in total. The number of carboxylic acid groups (broad SMARTS) is 1. The van der Waals surface area contributed by atoms with Gasteiger partial charge in [0, 0.05) is 19.3 Å². The van der Waals surface area contributed by atoms with Gasteiger partial charge < -0.3 is 15.6 Å². The Kier molecular flexibility index (Phi) is 5.28. The molecule has 0 aromatic heterocycles. The number of carbonyl (C=O) groups excluding carboxylic acids is 2. The van der Waals surface area contributed by atoms with Gasteiger partial charge in [0.25, 0.3) is 0 Å². The summed E-state index contributed by atoms with van der Waals surface area (Å²) < 4.78 is 4.60. The van der Waals surface area contributed by atoms with Crippen LogP contribution in [0.4, 0.5) is 0 Å². The second-order valence-corrected chi connectivity index (χ2v) is 2.94. The summed E-state index contributed by atoms with van der Waals surface area (Å²) in [5, 5.41) is 8.47. The Labute approximate surface area is 81.0 Å². The predicted octanol–water partition coefficient (Wildman–Crippen LogP) is -0.484. The summed E-state index contributed by atoms with van der Waals surface area (Å²) in [4.78, 5) is 31.3. The lowest BCUT2D eigenvalue weighted by atomic mass is 10.0. The molecule has 0 aliphatic carbocycles. The smallest absolute Gasteiger partial charge is 0.303 e. The maximum atomic E-state index is 10.5. The summed E-state index contributed by atoms with van der Waals surface area (Å²) in [5.41, 5.74) is 4.90. The minimum Gasteiger partial charge on any atom is -0.481 e. The average Bonchev–Trinajstić information content (AvgIpc) is 1.97. The molecule has 1 unspecified atom stereocenters. The first-order valence-electron chi connectivity index (χ1n) is 4.05. The summed E-state index contributed by atoms with van der Waals surface area (Å²) >= 11 is 0. The van der Waals surface area contributed by atoms with Crippen LogP contribution < -0.4 is 5.73 Å². The molecule has 0 aromatic carbocycles. The fourth-order valence-corrected chi connectivity index (χ4v) is 0.957. The molecule has 0 saturated heterocycles. The van der Waals surface area contributed by atoms with Gasteiger partial charge in [-0.15, -0.1) is 0 Å². The van der Waals surface area contributed by atoms with Crippen LogP contribution in [0.5, 0.6) is 0 Å². The maximum absolute atomic E-state index is 10.5. The second-order valence-electron chi connectivity index (χ2n) is 2.94. The molecule has 14 heavy (non-hydrogen) atoms. The zero-order chi connectivity index (χ0) is 11.1. The van der Waals surface area contributed by atoms with Gasteiger partial charge in [-0.25, -0.2) is 0 Å². The number of carbonyl (C=O) groups is 3. The van der Waals surface area contributed by atoms with Gasteiger partial charge in [-0.2, -0.15) is 0 Å². The van der Waals surface area contributed by atoms with Gasteiger partial charge >= 0.3 is 11.9 Å². The Morgan fingerprint density at radius 2 is 1.93 bits per heavy atom. The van der Waals surface area contributed by atoms with E-state index in [1.807, 2.05) is 0 Å². The molecule has 0 heterocycles. The minimum absolute atomic E-state index is 0.0927. The van der Waals surface area contributed by atoms with Crippen LogP contribution in [0.2, 0.25) is 0 Å². The lowest BCUT2D eigenvalue weighted by molar-refractivity contribution is -0.146. The van der Waals surface area contributed by atoms with E-state index in [-0.39, 0.29) is 19.4 Å². The van der Waals surface area contributed by atoms with Crippen LogP contribution in [-0.4, -0.2) is 29.6 Å². The summed E-state index contributed by atoms with van der Waals surface area (Å²) in [5.74, 6) is -2.72. The number of nitrogens with two attached hydrogens (primary N) is 1. The maximum Gasteiger partial charge on any atom is 0.303 e. The molecule has 0 aliphatic rings. The summed E-state index contributed by atoms with van der Waals surface area (Å²) in [6.45, 7) is 1.12. The highest BCUT2D eigenvalue weighted by atomic mass is 16.5. The van der Waals surface area contributed by atoms with Crippen LogP contribution in [0.1, 0.15) is 19.8 Å². The van der Waals surface area contributed by atoms with Crippen molar-refractivity contribution in [3.05, 3.63) is 0 Å². The van der Waals surface area contributed by atoms with Gasteiger partial charge in [0.05, 0.1) is 13.0 Å². The molecule has 0 aliphatic heterocycles. The molecule has 0 saturated carbocycles. The van der Waals surface area contributed by atoms with Crippen LogP contribution in [0, 0.1) is 5.92 Å². The molecule has 0 rings (SSSR count). The van der Waals surface area contributed by atoms with Crippen molar-refractivity contribution >= 4 is 17.8 Å². The van der Waals surface area contributed by atoms with Crippen LogP contribution in [0.3, 0.4) is 0 Å². The first kappa shape index (κ1) is 12.4. The van der Waals surface area contributed by atoms with E-state index in [1.54, 1.807) is 0 Å². The van der Waals surface area contributed by atoms with Crippen LogP contribution in [-0.2, 0) is 19.1 Å². The molecule has 80 valence electrons. The molecular weight excluding hydrogens is 190 g/mol. The third-order valence-corrected chi connectivity index (χ3v) is 1.48. The highest BCUT2D eigenvalue weighted by molar-refractivity contribution is 5.75. The number of hydrogen-bond donors (Lipinski definition) is 2. The normalized spacial score (nSPS) is 11.8. The van der Waals surface area contributed by atoms with Crippen molar-refractivity contribution in [1.82, 2.24) is 0 Å². The van der Waals surface area contributed by atoms with E-state index in [0.717, 1.165) is 0 Å². The second kappa shape index (κ2) is 5.95. The molecule has 1 atom stereocenters. The fraction of sp³-hybridized carbons (Fsp3) is 0.625. The van der Waals surface area contributed by atoms with Crippen molar-refractivity contribution < 1.29 is 24.2 Å². The molecule has 0 fully saturated rings. The van der Waals surface area contributed by atoms with E-state index in [9.17, 15) is 14.4 Å². The molecule has 1 amide bonds. The molecule has 6 heteroatoms. The van der Waals surface area contributed by atoms with E-state index in [4.69, 9.17) is 10.8 Å². The summed E-state index contributed by atoms with van der Waals surface area (Å²) in [6, 6.07) is 0. The van der Waals surface area contributed by atoms with Crippen LogP contribution in [0.25, 0.3) is 0 Å². The monoisotopic (exact) mass is 203 g/mol. The lowest BCUT2D eigenvalue weighted by Crippen LogP contribution is -2.23. The Hall–Kier alpha value is -1.59. The number of carboxylic acids is 1.